The first-order valence-electron chi connectivity index (χ1n) is 9.45. The van der Waals surface area contributed by atoms with Gasteiger partial charge in [0.15, 0.2) is 12.4 Å². The number of rotatable bonds is 6. The molecule has 8 heteroatoms. The van der Waals surface area contributed by atoms with Gasteiger partial charge in [0, 0.05) is 6.42 Å². The van der Waals surface area contributed by atoms with Crippen LogP contribution in [0.25, 0.3) is 5.69 Å². The molecule has 0 fully saturated rings. The van der Waals surface area contributed by atoms with E-state index < -0.39 is 18.5 Å². The van der Waals surface area contributed by atoms with Gasteiger partial charge in [0.25, 0.3) is 5.91 Å². The van der Waals surface area contributed by atoms with Crippen LogP contribution in [0.4, 0.5) is 0 Å². The van der Waals surface area contributed by atoms with Crippen molar-refractivity contribution in [3.05, 3.63) is 78.1 Å². The van der Waals surface area contributed by atoms with E-state index in [1.807, 2.05) is 60.7 Å². The first-order valence-corrected chi connectivity index (χ1v) is 9.45. The summed E-state index contributed by atoms with van der Waals surface area (Å²) < 4.78 is 11.9. The minimum atomic E-state index is -0.735. The Morgan fingerprint density at radius 3 is 2.43 bits per heavy atom. The highest BCUT2D eigenvalue weighted by Crippen LogP contribution is 2.20. The third-order valence-electron chi connectivity index (χ3n) is 4.64. The molecule has 8 nitrogen and oxygen atoms in total. The maximum atomic E-state index is 12.5. The number of amides is 1. The largest absolute Gasteiger partial charge is 0.493 e. The maximum absolute atomic E-state index is 12.5. The van der Waals surface area contributed by atoms with E-state index in [2.05, 4.69) is 10.2 Å². The number of hydrazone groups is 1. The van der Waals surface area contributed by atoms with Crippen LogP contribution in [-0.2, 0) is 9.53 Å². The molecule has 152 valence electrons. The number of hydrogen-bond donors (Lipinski definition) is 0. The fourth-order valence-corrected chi connectivity index (χ4v) is 3.10. The van der Waals surface area contributed by atoms with Crippen LogP contribution in [-0.4, -0.2) is 52.6 Å². The molecule has 0 radical (unpaired) electrons. The molecule has 0 N–H and O–H groups in total. The van der Waals surface area contributed by atoms with Crippen LogP contribution in [0.5, 0.6) is 5.75 Å². The molecule has 30 heavy (non-hydrogen) atoms. The number of hydrogen-bond acceptors (Lipinski definition) is 6. The van der Waals surface area contributed by atoms with Crippen LogP contribution < -0.4 is 4.74 Å². The van der Waals surface area contributed by atoms with Gasteiger partial charge in [-0.2, -0.15) is 10.2 Å². The fraction of sp³-hybridized carbons (Fsp3) is 0.182. The summed E-state index contributed by atoms with van der Waals surface area (Å²) in [4.78, 5) is 24.9. The number of esters is 1. The molecule has 0 bridgehead atoms. The average molecular weight is 404 g/mol. The number of para-hydroxylation sites is 1. The highest BCUT2D eigenvalue weighted by molar-refractivity contribution is 6.02. The molecular weight excluding hydrogens is 384 g/mol. The van der Waals surface area contributed by atoms with Crippen molar-refractivity contribution >= 4 is 17.6 Å². The fourth-order valence-electron chi connectivity index (χ4n) is 3.10. The van der Waals surface area contributed by atoms with Gasteiger partial charge < -0.3 is 9.47 Å². The van der Waals surface area contributed by atoms with E-state index in [4.69, 9.17) is 9.47 Å². The van der Waals surface area contributed by atoms with Crippen molar-refractivity contribution in [1.29, 1.82) is 0 Å². The Morgan fingerprint density at radius 2 is 1.73 bits per heavy atom. The predicted octanol–water partition coefficient (Wildman–Crippen LogP) is 2.67. The quantitative estimate of drug-likeness (QED) is 0.590. The van der Waals surface area contributed by atoms with Gasteiger partial charge in [-0.25, -0.2) is 14.5 Å². The second-order valence-corrected chi connectivity index (χ2v) is 6.58. The second kappa shape index (κ2) is 8.60. The van der Waals surface area contributed by atoms with E-state index in [0.717, 1.165) is 17.0 Å². The molecular formula is C22H20N4O4. The minimum absolute atomic E-state index is 0.00375. The molecule has 0 spiro atoms. The number of aromatic nitrogens is 2. The highest BCUT2D eigenvalue weighted by Gasteiger charge is 2.25. The molecule has 1 amide bonds. The van der Waals surface area contributed by atoms with Crippen LogP contribution in [0.2, 0.25) is 0 Å². The molecule has 0 atom stereocenters. The second-order valence-electron chi connectivity index (χ2n) is 6.58. The monoisotopic (exact) mass is 404 g/mol. The lowest BCUT2D eigenvalue weighted by Gasteiger charge is -2.11. The Morgan fingerprint density at radius 1 is 1.03 bits per heavy atom. The molecule has 2 aromatic carbocycles. The van der Waals surface area contributed by atoms with Crippen LogP contribution >= 0.6 is 0 Å². The zero-order chi connectivity index (χ0) is 20.9. The zero-order valence-electron chi connectivity index (χ0n) is 16.4. The van der Waals surface area contributed by atoms with Gasteiger partial charge in [-0.15, -0.1) is 0 Å². The number of ether oxygens (including phenoxy) is 2. The third kappa shape index (κ3) is 4.07. The van der Waals surface area contributed by atoms with Gasteiger partial charge in [-0.1, -0.05) is 48.5 Å². The minimum Gasteiger partial charge on any atom is -0.493 e. The summed E-state index contributed by atoms with van der Waals surface area (Å²) in [7, 11) is 1.44. The summed E-state index contributed by atoms with van der Waals surface area (Å²) in [5, 5.41) is 9.92. The molecule has 1 aliphatic heterocycles. The van der Waals surface area contributed by atoms with Crippen LogP contribution in [0.3, 0.4) is 0 Å². The van der Waals surface area contributed by atoms with Gasteiger partial charge >= 0.3 is 5.97 Å². The first-order chi connectivity index (χ1) is 14.7. The lowest BCUT2D eigenvalue weighted by Crippen LogP contribution is -2.29. The Balaban J connectivity index is 1.41. The standard InChI is InChI=1S/C22H20N4O4/c1-29-19-14-26(17-10-6-3-7-11-17)24-21(19)22(28)30-15-20(27)25-13-12-18(23-25)16-8-4-2-5-9-16/h2-11,14H,12-13,15H2,1H3. The topological polar surface area (TPSA) is 86.0 Å². The van der Waals surface area contributed by atoms with E-state index in [0.29, 0.717) is 13.0 Å². The number of carbonyl (C=O) groups is 2. The molecule has 0 saturated heterocycles. The molecule has 0 saturated carbocycles. The summed E-state index contributed by atoms with van der Waals surface area (Å²) in [6.45, 7) is 0.0261. The SMILES string of the molecule is COc1cn(-c2ccccc2)nc1C(=O)OCC(=O)N1CCC(c2ccccc2)=N1. The first kappa shape index (κ1) is 19.4. The highest BCUT2D eigenvalue weighted by atomic mass is 16.5. The maximum Gasteiger partial charge on any atom is 0.363 e. The van der Waals surface area contributed by atoms with E-state index in [-0.39, 0.29) is 11.4 Å². The van der Waals surface area contributed by atoms with Crippen molar-refractivity contribution in [2.24, 2.45) is 5.10 Å². The Bertz CT molecular complexity index is 1080. The summed E-state index contributed by atoms with van der Waals surface area (Å²) >= 11 is 0. The Hall–Kier alpha value is -3.94. The van der Waals surface area contributed by atoms with Crippen LogP contribution in [0, 0.1) is 0 Å². The molecule has 3 aromatic rings. The van der Waals surface area contributed by atoms with E-state index >= 15 is 0 Å². The van der Waals surface area contributed by atoms with Crippen LogP contribution in [0.15, 0.2) is 72.0 Å². The number of benzene rings is 2. The summed E-state index contributed by atoms with van der Waals surface area (Å²) in [5.74, 6) is -0.862. The normalized spacial score (nSPS) is 13.1. The van der Waals surface area contributed by atoms with Gasteiger partial charge in [-0.3, -0.25) is 4.79 Å². The van der Waals surface area contributed by atoms with Gasteiger partial charge in [0.05, 0.1) is 31.3 Å². The van der Waals surface area contributed by atoms with Crippen LogP contribution in [0.1, 0.15) is 22.5 Å². The number of nitrogens with zero attached hydrogens (tertiary/aromatic N) is 4. The predicted molar refractivity (Wildman–Crippen MR) is 110 cm³/mol. The smallest absolute Gasteiger partial charge is 0.363 e. The third-order valence-corrected chi connectivity index (χ3v) is 4.64. The van der Waals surface area contributed by atoms with E-state index in [1.54, 1.807) is 6.20 Å². The molecule has 1 aromatic heterocycles. The summed E-state index contributed by atoms with van der Waals surface area (Å²) in [6.07, 6.45) is 2.24. The van der Waals surface area contributed by atoms with Crippen molar-refractivity contribution in [2.75, 3.05) is 20.3 Å². The van der Waals surface area contributed by atoms with E-state index in [9.17, 15) is 9.59 Å². The molecule has 2 heterocycles. The number of carbonyl (C=O) groups excluding carboxylic acids is 2. The van der Waals surface area contributed by atoms with Gasteiger partial charge in [0.2, 0.25) is 5.69 Å². The molecule has 4 rings (SSSR count). The van der Waals surface area contributed by atoms with Crippen molar-refractivity contribution in [2.45, 2.75) is 6.42 Å². The Kier molecular flexibility index (Phi) is 5.56. The van der Waals surface area contributed by atoms with Gasteiger partial charge in [0.1, 0.15) is 0 Å². The average Bonchev–Trinajstić information content (AvgIpc) is 3.46. The van der Waals surface area contributed by atoms with Crippen molar-refractivity contribution in [3.63, 3.8) is 0 Å². The van der Waals surface area contributed by atoms with Crippen molar-refractivity contribution in [3.8, 4) is 11.4 Å². The summed E-state index contributed by atoms with van der Waals surface area (Å²) in [5.41, 5.74) is 2.58. The molecule has 0 unspecified atom stereocenters. The van der Waals surface area contributed by atoms with Crippen molar-refractivity contribution in [1.82, 2.24) is 14.8 Å². The zero-order valence-corrected chi connectivity index (χ0v) is 16.4. The lowest BCUT2D eigenvalue weighted by molar-refractivity contribution is -0.134. The lowest BCUT2D eigenvalue weighted by atomic mass is 10.1. The Labute approximate surface area is 173 Å². The van der Waals surface area contributed by atoms with Crippen molar-refractivity contribution < 1.29 is 19.1 Å². The van der Waals surface area contributed by atoms with E-state index in [1.165, 1.54) is 16.8 Å². The summed E-state index contributed by atoms with van der Waals surface area (Å²) in [6, 6.07) is 19.0. The molecule has 1 aliphatic rings. The molecule has 0 aliphatic carbocycles. The number of methoxy groups -OCH3 is 1. The van der Waals surface area contributed by atoms with Gasteiger partial charge in [-0.05, 0) is 17.7 Å².